The second kappa shape index (κ2) is 6.24. The van der Waals surface area contributed by atoms with Gasteiger partial charge in [-0.2, -0.15) is 0 Å². The zero-order valence-corrected chi connectivity index (χ0v) is 14.2. The van der Waals surface area contributed by atoms with Gasteiger partial charge in [-0.3, -0.25) is 4.79 Å². The summed E-state index contributed by atoms with van der Waals surface area (Å²) in [5.41, 5.74) is 0.358. The normalized spacial score (nSPS) is 18.0. The molecule has 22 heavy (non-hydrogen) atoms. The molecule has 0 saturated carbocycles. The van der Waals surface area contributed by atoms with Crippen LogP contribution in [0, 0.1) is 5.82 Å². The fourth-order valence-electron chi connectivity index (χ4n) is 2.17. The number of amides is 2. The number of rotatable bonds is 1. The van der Waals surface area contributed by atoms with E-state index in [0.717, 1.165) is 0 Å². The standard InChI is InChI=1S/C15H18BrFN2O3/c1-15(2,3)19-14(21)22-12-5-4-9-10(17)6-8(16)7-11(9)18-13(12)20/h6-7,12H,4-5H2,1-3H3,(H,18,20)(H,19,21)/t12-/m0/s1. The van der Waals surface area contributed by atoms with Crippen molar-refractivity contribution in [3.63, 3.8) is 0 Å². The Bertz CT molecular complexity index is 614. The Morgan fingerprint density at radius 2 is 2.14 bits per heavy atom. The van der Waals surface area contributed by atoms with Crippen LogP contribution in [0.4, 0.5) is 14.9 Å². The Kier molecular flexibility index (Phi) is 4.75. The molecule has 5 nitrogen and oxygen atoms in total. The number of hydrogen-bond donors (Lipinski definition) is 2. The predicted molar refractivity (Wildman–Crippen MR) is 84.2 cm³/mol. The van der Waals surface area contributed by atoms with Gasteiger partial charge in [0.1, 0.15) is 5.82 Å². The topological polar surface area (TPSA) is 67.4 Å². The van der Waals surface area contributed by atoms with E-state index < -0.39 is 29.5 Å². The molecule has 2 N–H and O–H groups in total. The van der Waals surface area contributed by atoms with Gasteiger partial charge in [0.2, 0.25) is 0 Å². The highest BCUT2D eigenvalue weighted by atomic mass is 79.9. The first-order valence-corrected chi connectivity index (χ1v) is 7.72. The van der Waals surface area contributed by atoms with Crippen molar-refractivity contribution in [2.45, 2.75) is 45.3 Å². The average molecular weight is 373 g/mol. The highest BCUT2D eigenvalue weighted by Gasteiger charge is 2.29. The van der Waals surface area contributed by atoms with E-state index in [1.807, 2.05) is 20.8 Å². The summed E-state index contributed by atoms with van der Waals surface area (Å²) in [6, 6.07) is 2.98. The van der Waals surface area contributed by atoms with Crippen LogP contribution < -0.4 is 10.6 Å². The molecule has 1 aromatic rings. The second-order valence-electron chi connectivity index (χ2n) is 6.21. The molecule has 1 heterocycles. The Hall–Kier alpha value is -1.63. The van der Waals surface area contributed by atoms with Gasteiger partial charge in [-0.15, -0.1) is 0 Å². The Morgan fingerprint density at radius 1 is 1.45 bits per heavy atom. The van der Waals surface area contributed by atoms with E-state index in [2.05, 4.69) is 26.6 Å². The maximum atomic E-state index is 14.0. The summed E-state index contributed by atoms with van der Waals surface area (Å²) >= 11 is 3.19. The summed E-state index contributed by atoms with van der Waals surface area (Å²) < 4.78 is 19.7. The summed E-state index contributed by atoms with van der Waals surface area (Å²) in [6.07, 6.45) is -1.08. The van der Waals surface area contributed by atoms with Gasteiger partial charge in [0.05, 0.1) is 0 Å². The minimum absolute atomic E-state index is 0.231. The molecular formula is C15H18BrFN2O3. The lowest BCUT2D eigenvalue weighted by Gasteiger charge is -2.22. The van der Waals surface area contributed by atoms with E-state index in [1.54, 1.807) is 6.07 Å². The Labute approximate surface area is 136 Å². The van der Waals surface area contributed by atoms with Crippen molar-refractivity contribution >= 4 is 33.6 Å². The summed E-state index contributed by atoms with van der Waals surface area (Å²) in [6.45, 7) is 5.43. The van der Waals surface area contributed by atoms with Gasteiger partial charge in [-0.25, -0.2) is 9.18 Å². The van der Waals surface area contributed by atoms with Gasteiger partial charge in [0.15, 0.2) is 6.10 Å². The number of benzene rings is 1. The van der Waals surface area contributed by atoms with Gasteiger partial charge >= 0.3 is 6.09 Å². The summed E-state index contributed by atoms with van der Waals surface area (Å²) in [5, 5.41) is 5.23. The number of nitrogens with one attached hydrogen (secondary N) is 2. The molecule has 0 bridgehead atoms. The second-order valence-corrected chi connectivity index (χ2v) is 7.13. The van der Waals surface area contributed by atoms with E-state index in [1.165, 1.54) is 6.07 Å². The van der Waals surface area contributed by atoms with Crippen molar-refractivity contribution in [3.8, 4) is 0 Å². The zero-order chi connectivity index (χ0) is 16.5. The number of anilines is 1. The van der Waals surface area contributed by atoms with E-state index >= 15 is 0 Å². The average Bonchev–Trinajstić information content (AvgIpc) is 2.47. The fraction of sp³-hybridized carbons (Fsp3) is 0.467. The van der Waals surface area contributed by atoms with E-state index in [-0.39, 0.29) is 6.42 Å². The highest BCUT2D eigenvalue weighted by molar-refractivity contribution is 9.10. The Balaban J connectivity index is 2.11. The molecule has 0 aliphatic carbocycles. The van der Waals surface area contributed by atoms with Crippen molar-refractivity contribution in [2.24, 2.45) is 0 Å². The highest BCUT2D eigenvalue weighted by Crippen LogP contribution is 2.29. The first-order chi connectivity index (χ1) is 10.2. The van der Waals surface area contributed by atoms with Crippen LogP contribution in [-0.2, 0) is 16.0 Å². The van der Waals surface area contributed by atoms with Crippen molar-refractivity contribution < 1.29 is 18.7 Å². The Morgan fingerprint density at radius 3 is 2.77 bits per heavy atom. The summed E-state index contributed by atoms with van der Waals surface area (Å²) in [4.78, 5) is 23.9. The van der Waals surface area contributed by atoms with Gasteiger partial charge in [-0.1, -0.05) is 15.9 Å². The molecule has 7 heteroatoms. The zero-order valence-electron chi connectivity index (χ0n) is 12.6. The third-order valence-electron chi connectivity index (χ3n) is 3.09. The third-order valence-corrected chi connectivity index (χ3v) is 3.55. The van der Waals surface area contributed by atoms with Gasteiger partial charge in [-0.05, 0) is 45.7 Å². The molecule has 1 aliphatic rings. The maximum absolute atomic E-state index is 14.0. The van der Waals surface area contributed by atoms with Crippen LogP contribution >= 0.6 is 15.9 Å². The predicted octanol–water partition coefficient (Wildman–Crippen LogP) is 3.37. The van der Waals surface area contributed by atoms with E-state index in [9.17, 15) is 14.0 Å². The van der Waals surface area contributed by atoms with Crippen LogP contribution in [0.3, 0.4) is 0 Å². The number of hydrogen-bond acceptors (Lipinski definition) is 3. The molecule has 1 aromatic carbocycles. The smallest absolute Gasteiger partial charge is 0.408 e. The van der Waals surface area contributed by atoms with Crippen LogP contribution in [0.15, 0.2) is 16.6 Å². The van der Waals surface area contributed by atoms with Crippen molar-refractivity contribution in [2.75, 3.05) is 5.32 Å². The maximum Gasteiger partial charge on any atom is 0.408 e. The molecule has 0 fully saturated rings. The fourth-order valence-corrected chi connectivity index (χ4v) is 2.60. The molecule has 0 saturated heterocycles. The first kappa shape index (κ1) is 16.7. The van der Waals surface area contributed by atoms with Crippen LogP contribution in [-0.4, -0.2) is 23.6 Å². The lowest BCUT2D eigenvalue weighted by Crippen LogP contribution is -2.44. The monoisotopic (exact) mass is 372 g/mol. The SMILES string of the molecule is CC(C)(C)NC(=O)O[C@H]1CCc2c(F)cc(Br)cc2NC1=O. The quantitative estimate of drug-likeness (QED) is 0.793. The molecule has 0 unspecified atom stereocenters. The van der Waals surface area contributed by atoms with Crippen molar-refractivity contribution in [1.29, 1.82) is 0 Å². The lowest BCUT2D eigenvalue weighted by atomic mass is 10.1. The van der Waals surface area contributed by atoms with E-state index in [4.69, 9.17) is 4.74 Å². The number of alkyl carbamates (subject to hydrolysis) is 1. The molecule has 0 spiro atoms. The molecule has 2 amide bonds. The van der Waals surface area contributed by atoms with Crippen molar-refractivity contribution in [3.05, 3.63) is 28.0 Å². The molecule has 2 rings (SSSR count). The molecular weight excluding hydrogens is 355 g/mol. The van der Waals surface area contributed by atoms with Crippen LogP contribution in [0.1, 0.15) is 32.8 Å². The third kappa shape index (κ3) is 4.19. The molecule has 0 aromatic heterocycles. The first-order valence-electron chi connectivity index (χ1n) is 6.93. The molecule has 1 aliphatic heterocycles. The van der Waals surface area contributed by atoms with Crippen molar-refractivity contribution in [1.82, 2.24) is 5.32 Å². The lowest BCUT2D eigenvalue weighted by molar-refractivity contribution is -0.124. The number of halogens is 2. The number of carbonyl (C=O) groups excluding carboxylic acids is 2. The van der Waals surface area contributed by atoms with Crippen LogP contribution in [0.25, 0.3) is 0 Å². The van der Waals surface area contributed by atoms with Gasteiger partial charge in [0.25, 0.3) is 5.91 Å². The summed E-state index contributed by atoms with van der Waals surface area (Å²) in [5.74, 6) is -0.857. The largest absolute Gasteiger partial charge is 0.436 e. The number of ether oxygens (including phenoxy) is 1. The van der Waals surface area contributed by atoms with E-state index in [0.29, 0.717) is 22.1 Å². The summed E-state index contributed by atoms with van der Waals surface area (Å²) in [7, 11) is 0. The van der Waals surface area contributed by atoms with Crippen LogP contribution in [0.2, 0.25) is 0 Å². The van der Waals surface area contributed by atoms with Gasteiger partial charge in [0, 0.05) is 21.3 Å². The molecule has 1 atom stereocenters. The van der Waals surface area contributed by atoms with Crippen LogP contribution in [0.5, 0.6) is 0 Å². The number of carbonyl (C=O) groups is 2. The number of fused-ring (bicyclic) bond motifs is 1. The molecule has 0 radical (unpaired) electrons. The minimum atomic E-state index is -0.951. The molecule has 120 valence electrons. The van der Waals surface area contributed by atoms with Gasteiger partial charge < -0.3 is 15.4 Å². The minimum Gasteiger partial charge on any atom is -0.436 e.